The van der Waals surface area contributed by atoms with Crippen LogP contribution in [0.3, 0.4) is 0 Å². The van der Waals surface area contributed by atoms with Crippen molar-refractivity contribution in [1.29, 1.82) is 5.26 Å². The van der Waals surface area contributed by atoms with Crippen molar-refractivity contribution in [1.82, 2.24) is 9.97 Å². The Morgan fingerprint density at radius 1 is 1.58 bits per heavy atom. The molecule has 1 aromatic heterocycles. The summed E-state index contributed by atoms with van der Waals surface area (Å²) >= 11 is 0. The number of aromatic nitrogens is 2. The van der Waals surface area contributed by atoms with E-state index in [2.05, 4.69) is 23.0 Å². The molecule has 3 heteroatoms. The zero-order valence-corrected chi connectivity index (χ0v) is 7.07. The standard InChI is InChI=1S/C9H11N3/c1-2-3-8(6-10)9-7-11-4-5-12-9/h4-5,7-8H,2-3H2,1H3. The van der Waals surface area contributed by atoms with E-state index in [1.165, 1.54) is 0 Å². The van der Waals surface area contributed by atoms with Gasteiger partial charge < -0.3 is 0 Å². The van der Waals surface area contributed by atoms with Crippen molar-refractivity contribution in [2.75, 3.05) is 0 Å². The molecule has 62 valence electrons. The van der Waals surface area contributed by atoms with Crippen LogP contribution in [-0.2, 0) is 0 Å². The van der Waals surface area contributed by atoms with E-state index in [4.69, 9.17) is 5.26 Å². The van der Waals surface area contributed by atoms with Gasteiger partial charge in [-0.05, 0) is 6.42 Å². The second-order valence-corrected chi connectivity index (χ2v) is 2.60. The summed E-state index contributed by atoms with van der Waals surface area (Å²) in [5, 5.41) is 8.79. The molecule has 0 aliphatic heterocycles. The molecule has 0 radical (unpaired) electrons. The summed E-state index contributed by atoms with van der Waals surface area (Å²) in [7, 11) is 0. The number of nitriles is 1. The fraction of sp³-hybridized carbons (Fsp3) is 0.444. The summed E-state index contributed by atoms with van der Waals surface area (Å²) in [4.78, 5) is 8.01. The van der Waals surface area contributed by atoms with Gasteiger partial charge in [-0.3, -0.25) is 9.97 Å². The van der Waals surface area contributed by atoms with E-state index in [9.17, 15) is 0 Å². The van der Waals surface area contributed by atoms with E-state index in [1.54, 1.807) is 18.6 Å². The van der Waals surface area contributed by atoms with Crippen LogP contribution in [-0.4, -0.2) is 9.97 Å². The van der Waals surface area contributed by atoms with Crippen LogP contribution in [0, 0.1) is 11.3 Å². The van der Waals surface area contributed by atoms with Crippen LogP contribution in [0.25, 0.3) is 0 Å². The van der Waals surface area contributed by atoms with E-state index in [0.717, 1.165) is 18.5 Å². The Labute approximate surface area is 72.1 Å². The largest absolute Gasteiger partial charge is 0.261 e. The highest BCUT2D eigenvalue weighted by Gasteiger charge is 2.09. The maximum atomic E-state index is 8.79. The van der Waals surface area contributed by atoms with Crippen LogP contribution in [0.4, 0.5) is 0 Å². The molecule has 3 nitrogen and oxygen atoms in total. The first-order valence-corrected chi connectivity index (χ1v) is 4.04. The van der Waals surface area contributed by atoms with Crippen LogP contribution in [0.2, 0.25) is 0 Å². The van der Waals surface area contributed by atoms with Gasteiger partial charge in [-0.15, -0.1) is 0 Å². The lowest BCUT2D eigenvalue weighted by Gasteiger charge is -2.04. The average Bonchev–Trinajstić information content (AvgIpc) is 2.15. The molecule has 0 aliphatic carbocycles. The molecular formula is C9H11N3. The topological polar surface area (TPSA) is 49.6 Å². The summed E-state index contributed by atoms with van der Waals surface area (Å²) < 4.78 is 0. The summed E-state index contributed by atoms with van der Waals surface area (Å²) in [5.41, 5.74) is 0.779. The smallest absolute Gasteiger partial charge is 0.0900 e. The highest BCUT2D eigenvalue weighted by Crippen LogP contribution is 2.16. The highest BCUT2D eigenvalue weighted by molar-refractivity contribution is 5.12. The molecule has 0 spiro atoms. The minimum atomic E-state index is -0.0938. The van der Waals surface area contributed by atoms with E-state index in [1.807, 2.05) is 0 Å². The van der Waals surface area contributed by atoms with Crippen LogP contribution in [0.1, 0.15) is 31.4 Å². The Kier molecular flexibility index (Phi) is 3.21. The molecule has 1 unspecified atom stereocenters. The van der Waals surface area contributed by atoms with E-state index in [-0.39, 0.29) is 5.92 Å². The van der Waals surface area contributed by atoms with Gasteiger partial charge in [0.1, 0.15) is 0 Å². The lowest BCUT2D eigenvalue weighted by atomic mass is 10.0. The predicted molar refractivity (Wildman–Crippen MR) is 45.3 cm³/mol. The van der Waals surface area contributed by atoms with Gasteiger partial charge in [0, 0.05) is 18.6 Å². The number of rotatable bonds is 3. The number of hydrogen-bond acceptors (Lipinski definition) is 3. The Balaban J connectivity index is 2.75. The third-order valence-electron chi connectivity index (χ3n) is 1.67. The molecule has 0 N–H and O–H groups in total. The molecule has 1 aromatic rings. The highest BCUT2D eigenvalue weighted by atomic mass is 14.8. The predicted octanol–water partition coefficient (Wildman–Crippen LogP) is 1.88. The van der Waals surface area contributed by atoms with Crippen LogP contribution < -0.4 is 0 Å². The van der Waals surface area contributed by atoms with E-state index >= 15 is 0 Å². The van der Waals surface area contributed by atoms with Crippen molar-refractivity contribution in [2.45, 2.75) is 25.7 Å². The van der Waals surface area contributed by atoms with Gasteiger partial charge >= 0.3 is 0 Å². The Bertz CT molecular complexity index is 263. The maximum Gasteiger partial charge on any atom is 0.0900 e. The minimum Gasteiger partial charge on any atom is -0.261 e. The summed E-state index contributed by atoms with van der Waals surface area (Å²) in [6.07, 6.45) is 6.74. The SMILES string of the molecule is CCCC(C#N)c1cnccn1. The zero-order valence-electron chi connectivity index (χ0n) is 7.07. The molecule has 1 atom stereocenters. The Hall–Kier alpha value is -1.43. The molecule has 0 amide bonds. The first kappa shape index (κ1) is 8.66. The van der Waals surface area contributed by atoms with Gasteiger partial charge in [0.15, 0.2) is 0 Å². The summed E-state index contributed by atoms with van der Waals surface area (Å²) in [6, 6.07) is 2.22. The van der Waals surface area contributed by atoms with Crippen molar-refractivity contribution in [3.05, 3.63) is 24.3 Å². The number of hydrogen-bond donors (Lipinski definition) is 0. The van der Waals surface area contributed by atoms with Crippen molar-refractivity contribution < 1.29 is 0 Å². The lowest BCUT2D eigenvalue weighted by Crippen LogP contribution is -1.98. The molecule has 0 fully saturated rings. The quantitative estimate of drug-likeness (QED) is 0.680. The van der Waals surface area contributed by atoms with Crippen molar-refractivity contribution in [3.8, 4) is 6.07 Å². The first-order valence-electron chi connectivity index (χ1n) is 4.04. The van der Waals surface area contributed by atoms with Crippen LogP contribution in [0.5, 0.6) is 0 Å². The molecular weight excluding hydrogens is 150 g/mol. The minimum absolute atomic E-state index is 0.0938. The Morgan fingerprint density at radius 2 is 2.42 bits per heavy atom. The van der Waals surface area contributed by atoms with E-state index in [0.29, 0.717) is 0 Å². The van der Waals surface area contributed by atoms with Crippen LogP contribution in [0.15, 0.2) is 18.6 Å². The van der Waals surface area contributed by atoms with Gasteiger partial charge in [0.2, 0.25) is 0 Å². The third kappa shape index (κ3) is 2.03. The van der Waals surface area contributed by atoms with Crippen molar-refractivity contribution in [2.24, 2.45) is 0 Å². The average molecular weight is 161 g/mol. The molecule has 12 heavy (non-hydrogen) atoms. The third-order valence-corrected chi connectivity index (χ3v) is 1.67. The molecule has 1 rings (SSSR count). The van der Waals surface area contributed by atoms with Crippen LogP contribution >= 0.6 is 0 Å². The van der Waals surface area contributed by atoms with Crippen molar-refractivity contribution in [3.63, 3.8) is 0 Å². The summed E-state index contributed by atoms with van der Waals surface area (Å²) in [5.74, 6) is -0.0938. The van der Waals surface area contributed by atoms with Gasteiger partial charge in [-0.25, -0.2) is 0 Å². The maximum absolute atomic E-state index is 8.79. The molecule has 0 saturated heterocycles. The first-order chi connectivity index (χ1) is 5.88. The second-order valence-electron chi connectivity index (χ2n) is 2.60. The van der Waals surface area contributed by atoms with Crippen molar-refractivity contribution >= 4 is 0 Å². The monoisotopic (exact) mass is 161 g/mol. The molecule has 0 bridgehead atoms. The summed E-state index contributed by atoms with van der Waals surface area (Å²) in [6.45, 7) is 2.06. The van der Waals surface area contributed by atoms with Gasteiger partial charge in [0.25, 0.3) is 0 Å². The van der Waals surface area contributed by atoms with E-state index < -0.39 is 0 Å². The molecule has 1 heterocycles. The van der Waals surface area contributed by atoms with Gasteiger partial charge in [-0.2, -0.15) is 5.26 Å². The molecule has 0 aliphatic rings. The molecule has 0 aromatic carbocycles. The Morgan fingerprint density at radius 3 is 2.92 bits per heavy atom. The zero-order chi connectivity index (χ0) is 8.81. The van der Waals surface area contributed by atoms with Gasteiger partial charge in [-0.1, -0.05) is 13.3 Å². The second kappa shape index (κ2) is 4.45. The molecule has 0 saturated carbocycles. The fourth-order valence-corrected chi connectivity index (χ4v) is 1.06. The van der Waals surface area contributed by atoms with Gasteiger partial charge in [0.05, 0.1) is 17.7 Å². The normalized spacial score (nSPS) is 12.0. The number of nitrogens with zero attached hydrogens (tertiary/aromatic N) is 3. The lowest BCUT2D eigenvalue weighted by molar-refractivity contribution is 0.704. The fourth-order valence-electron chi connectivity index (χ4n) is 1.06.